The Labute approximate surface area is 217 Å². The number of aromatic nitrogens is 3. The zero-order chi connectivity index (χ0) is 26.2. The van der Waals surface area contributed by atoms with Crippen molar-refractivity contribution in [3.05, 3.63) is 99.5 Å². The van der Waals surface area contributed by atoms with Gasteiger partial charge in [-0.2, -0.15) is 0 Å². The largest absolute Gasteiger partial charge is 0.502 e. The van der Waals surface area contributed by atoms with Gasteiger partial charge in [0, 0.05) is 55.1 Å². The Hall–Kier alpha value is -4.50. The van der Waals surface area contributed by atoms with E-state index in [-0.39, 0.29) is 30.5 Å². The summed E-state index contributed by atoms with van der Waals surface area (Å²) in [6, 6.07) is 14.8. The number of ether oxygens (including phenoxy) is 1. The number of hydrogen-bond donors (Lipinski definition) is 2. The highest BCUT2D eigenvalue weighted by molar-refractivity contribution is 5.86. The molecule has 1 amide bonds. The van der Waals surface area contributed by atoms with Crippen LogP contribution in [0.25, 0.3) is 21.9 Å². The quantitative estimate of drug-likeness (QED) is 0.354. The molecule has 2 N–H and O–H groups in total. The summed E-state index contributed by atoms with van der Waals surface area (Å²) in [6.45, 7) is 1.06. The molecule has 1 aliphatic heterocycles. The van der Waals surface area contributed by atoms with Gasteiger partial charge in [0.15, 0.2) is 5.76 Å². The van der Waals surface area contributed by atoms with Gasteiger partial charge in [0.25, 0.3) is 0 Å². The number of carbonyl (C=O) groups excluding carboxylic acids is 1. The van der Waals surface area contributed by atoms with Crippen LogP contribution in [0.15, 0.2) is 70.1 Å². The van der Waals surface area contributed by atoms with Crippen molar-refractivity contribution < 1.29 is 19.1 Å². The molecule has 4 heterocycles. The van der Waals surface area contributed by atoms with Gasteiger partial charge < -0.3 is 24.1 Å². The Morgan fingerprint density at radius 2 is 2.03 bits per heavy atom. The second-order valence-corrected chi connectivity index (χ2v) is 9.44. The Balaban J connectivity index is 1.40. The van der Waals surface area contributed by atoms with Gasteiger partial charge >= 0.3 is 0 Å². The lowest BCUT2D eigenvalue weighted by atomic mass is 9.90. The fraction of sp³-hybridized carbons (Fsp3) is 0.241. The van der Waals surface area contributed by atoms with E-state index in [1.807, 2.05) is 36.4 Å². The molecule has 1 atom stereocenters. The van der Waals surface area contributed by atoms with E-state index in [1.54, 1.807) is 17.3 Å². The van der Waals surface area contributed by atoms with Crippen LogP contribution in [0.5, 0.6) is 5.75 Å². The van der Waals surface area contributed by atoms with Crippen LogP contribution in [0.1, 0.15) is 40.7 Å². The molecule has 9 nitrogen and oxygen atoms in total. The Morgan fingerprint density at radius 1 is 1.18 bits per heavy atom. The van der Waals surface area contributed by atoms with Crippen LogP contribution < -0.4 is 5.43 Å². The van der Waals surface area contributed by atoms with Crippen molar-refractivity contribution in [3.63, 3.8) is 0 Å². The summed E-state index contributed by atoms with van der Waals surface area (Å²) in [5.74, 6) is -1.15. The number of benzene rings is 2. The minimum Gasteiger partial charge on any atom is -0.502 e. The van der Waals surface area contributed by atoms with Crippen LogP contribution in [-0.2, 0) is 29.1 Å². The van der Waals surface area contributed by atoms with Crippen LogP contribution in [-0.4, -0.2) is 44.5 Å². The maximum atomic E-state index is 13.8. The third-order valence-electron chi connectivity index (χ3n) is 7.12. The number of hydrogen-bond acceptors (Lipinski definition) is 7. The molecule has 6 rings (SSSR count). The highest BCUT2D eigenvalue weighted by Gasteiger charge is 2.31. The summed E-state index contributed by atoms with van der Waals surface area (Å²) < 4.78 is 11.1. The molecule has 0 saturated heterocycles. The van der Waals surface area contributed by atoms with Crippen LogP contribution >= 0.6 is 0 Å². The fourth-order valence-electron chi connectivity index (χ4n) is 5.35. The maximum Gasteiger partial charge on any atom is 0.227 e. The van der Waals surface area contributed by atoms with E-state index in [1.165, 1.54) is 24.1 Å². The molecule has 0 fully saturated rings. The van der Waals surface area contributed by atoms with E-state index >= 15 is 0 Å². The van der Waals surface area contributed by atoms with Gasteiger partial charge in [0.05, 0.1) is 23.5 Å². The molecule has 0 aliphatic carbocycles. The number of fused-ring (bicyclic) bond motifs is 4. The molecule has 0 bridgehead atoms. The molecule has 0 radical (unpaired) electrons. The Bertz CT molecular complexity index is 1720. The van der Waals surface area contributed by atoms with E-state index in [0.29, 0.717) is 29.7 Å². The number of amides is 1. The first-order chi connectivity index (χ1) is 18.5. The lowest BCUT2D eigenvalue weighted by Crippen LogP contribution is -2.36. The zero-order valence-electron chi connectivity index (χ0n) is 20.8. The van der Waals surface area contributed by atoms with Crippen molar-refractivity contribution in [3.8, 4) is 5.75 Å². The smallest absolute Gasteiger partial charge is 0.227 e. The monoisotopic (exact) mass is 510 g/mol. The van der Waals surface area contributed by atoms with Gasteiger partial charge in [-0.3, -0.25) is 19.6 Å². The normalized spacial score (nSPS) is 14.1. The van der Waals surface area contributed by atoms with Crippen molar-refractivity contribution in [2.75, 3.05) is 13.7 Å². The molecule has 0 spiro atoms. The SMILES string of the molecule is COCc1cc(=O)c(O)c([C@@H](CC(=O)N2CCc3c([nH]c4ccccc34)C2)c2cccc3nccnc23)o1. The van der Waals surface area contributed by atoms with Crippen LogP contribution in [0.3, 0.4) is 0 Å². The van der Waals surface area contributed by atoms with Crippen molar-refractivity contribution >= 4 is 27.8 Å². The zero-order valence-corrected chi connectivity index (χ0v) is 20.8. The minimum absolute atomic E-state index is 0.0133. The number of nitrogens with one attached hydrogen (secondary N) is 1. The van der Waals surface area contributed by atoms with Crippen molar-refractivity contribution in [2.45, 2.75) is 31.9 Å². The van der Waals surface area contributed by atoms with E-state index < -0.39 is 17.1 Å². The maximum absolute atomic E-state index is 13.8. The molecule has 192 valence electrons. The summed E-state index contributed by atoms with van der Waals surface area (Å²) in [7, 11) is 1.49. The highest BCUT2D eigenvalue weighted by atomic mass is 16.5. The van der Waals surface area contributed by atoms with Crippen molar-refractivity contribution in [2.24, 2.45) is 0 Å². The first kappa shape index (κ1) is 23.9. The molecule has 1 aliphatic rings. The number of H-pyrrole nitrogens is 1. The molecule has 2 aromatic carbocycles. The van der Waals surface area contributed by atoms with Gasteiger partial charge in [0.1, 0.15) is 12.4 Å². The van der Waals surface area contributed by atoms with Gasteiger partial charge in [-0.1, -0.05) is 30.3 Å². The third-order valence-corrected chi connectivity index (χ3v) is 7.12. The number of aromatic amines is 1. The number of aromatic hydroxyl groups is 1. The third kappa shape index (κ3) is 4.20. The lowest BCUT2D eigenvalue weighted by Gasteiger charge is -2.29. The molecule has 0 unspecified atom stereocenters. The molecule has 5 aromatic rings. The summed E-state index contributed by atoms with van der Waals surface area (Å²) in [6.07, 6.45) is 3.87. The predicted molar refractivity (Wildman–Crippen MR) is 141 cm³/mol. The summed E-state index contributed by atoms with van der Waals surface area (Å²) in [5.41, 5.74) is 4.57. The first-order valence-electron chi connectivity index (χ1n) is 12.4. The molecule has 3 aromatic heterocycles. The molecular formula is C29H26N4O5. The molecule has 38 heavy (non-hydrogen) atoms. The topological polar surface area (TPSA) is 122 Å². The number of para-hydroxylation sites is 2. The second-order valence-electron chi connectivity index (χ2n) is 9.44. The minimum atomic E-state index is -0.767. The molecule has 0 saturated carbocycles. The first-order valence-corrected chi connectivity index (χ1v) is 12.4. The summed E-state index contributed by atoms with van der Waals surface area (Å²) in [4.78, 5) is 40.6. The lowest BCUT2D eigenvalue weighted by molar-refractivity contribution is -0.132. The van der Waals surface area contributed by atoms with Gasteiger partial charge in [-0.05, 0) is 29.7 Å². The van der Waals surface area contributed by atoms with Crippen LogP contribution in [0.4, 0.5) is 0 Å². The van der Waals surface area contributed by atoms with Crippen molar-refractivity contribution in [1.29, 1.82) is 0 Å². The summed E-state index contributed by atoms with van der Waals surface area (Å²) >= 11 is 0. The van der Waals surface area contributed by atoms with Crippen LogP contribution in [0.2, 0.25) is 0 Å². The molecular weight excluding hydrogens is 484 g/mol. The average molecular weight is 511 g/mol. The van der Waals surface area contributed by atoms with E-state index in [0.717, 1.165) is 17.6 Å². The fourth-order valence-corrected chi connectivity index (χ4v) is 5.35. The van der Waals surface area contributed by atoms with E-state index in [4.69, 9.17) is 9.15 Å². The van der Waals surface area contributed by atoms with Crippen molar-refractivity contribution in [1.82, 2.24) is 19.9 Å². The predicted octanol–water partition coefficient (Wildman–Crippen LogP) is 4.02. The molecule has 9 heteroatoms. The number of nitrogens with zero attached hydrogens (tertiary/aromatic N) is 3. The van der Waals surface area contributed by atoms with Crippen LogP contribution in [0, 0.1) is 0 Å². The Kier molecular flexibility index (Phi) is 6.13. The van der Waals surface area contributed by atoms with Gasteiger partial charge in [-0.25, -0.2) is 0 Å². The average Bonchev–Trinajstić information content (AvgIpc) is 3.31. The number of rotatable bonds is 6. The number of methoxy groups -OCH3 is 1. The highest BCUT2D eigenvalue weighted by Crippen LogP contribution is 2.37. The van der Waals surface area contributed by atoms with Gasteiger partial charge in [-0.15, -0.1) is 0 Å². The van der Waals surface area contributed by atoms with E-state index in [9.17, 15) is 14.7 Å². The Morgan fingerprint density at radius 3 is 2.89 bits per heavy atom. The second kappa shape index (κ2) is 9.75. The number of carbonyl (C=O) groups is 1. The van der Waals surface area contributed by atoms with E-state index in [2.05, 4.69) is 21.0 Å². The standard InChI is InChI=1S/C29H26N4O5/c1-37-16-17-13-25(34)28(36)29(38-17)21(20-6-4-8-23-27(20)31-11-10-30-23)14-26(35)33-12-9-19-18-5-2-3-7-22(18)32-24(19)15-33/h2-8,10-11,13,21,32,36H,9,12,14-16H2,1H3/t21-/m0/s1. The van der Waals surface area contributed by atoms with Gasteiger partial charge in [0.2, 0.25) is 17.1 Å². The summed E-state index contributed by atoms with van der Waals surface area (Å²) in [5, 5.41) is 12.0.